The highest BCUT2D eigenvalue weighted by Gasteiger charge is 2.73. The van der Waals surface area contributed by atoms with Crippen LogP contribution in [0.1, 0.15) is 49.7 Å². The van der Waals surface area contributed by atoms with Gasteiger partial charge >= 0.3 is 0 Å². The van der Waals surface area contributed by atoms with Crippen LogP contribution in [0.5, 0.6) is 11.5 Å². The summed E-state index contributed by atoms with van der Waals surface area (Å²) in [5, 5.41) is 12.1. The molecular weight excluding hydrogens is 358 g/mol. The highest BCUT2D eigenvalue weighted by molar-refractivity contribution is 5.90. The van der Waals surface area contributed by atoms with Crippen molar-refractivity contribution in [2.24, 2.45) is 5.92 Å². The number of nitrogens with zero attached hydrogens (tertiary/aromatic N) is 1. The van der Waals surface area contributed by atoms with E-state index in [0.29, 0.717) is 37.3 Å². The van der Waals surface area contributed by atoms with Crippen LogP contribution in [0.3, 0.4) is 0 Å². The SMILES string of the molecule is COc1ccc2c3c1OC1C(=O)CC[C@]4(O)[C@H](C2)N(C(=O)C2CCC2)CC[C@@]314. The Kier molecular flexibility index (Phi) is 3.18. The molecule has 4 atom stereocenters. The Morgan fingerprint density at radius 2 is 2.14 bits per heavy atom. The minimum Gasteiger partial charge on any atom is -0.493 e. The highest BCUT2D eigenvalue weighted by Crippen LogP contribution is 2.65. The molecule has 1 aromatic carbocycles. The van der Waals surface area contributed by atoms with Crippen molar-refractivity contribution in [3.05, 3.63) is 23.3 Å². The smallest absolute Gasteiger partial charge is 0.226 e. The first-order chi connectivity index (χ1) is 13.5. The van der Waals surface area contributed by atoms with E-state index < -0.39 is 17.1 Å². The van der Waals surface area contributed by atoms with E-state index in [1.807, 2.05) is 17.0 Å². The van der Waals surface area contributed by atoms with Gasteiger partial charge in [-0.15, -0.1) is 0 Å². The van der Waals surface area contributed by atoms with Crippen LogP contribution in [0.4, 0.5) is 0 Å². The van der Waals surface area contributed by atoms with E-state index in [1.165, 1.54) is 0 Å². The molecule has 1 spiro atoms. The van der Waals surface area contributed by atoms with Gasteiger partial charge in [-0.3, -0.25) is 9.59 Å². The van der Waals surface area contributed by atoms with E-state index in [4.69, 9.17) is 9.47 Å². The van der Waals surface area contributed by atoms with E-state index >= 15 is 0 Å². The summed E-state index contributed by atoms with van der Waals surface area (Å²) in [5.41, 5.74) is 0.141. The normalized spacial score (nSPS) is 37.8. The number of hydrogen-bond donors (Lipinski definition) is 1. The maximum Gasteiger partial charge on any atom is 0.226 e. The molecule has 3 fully saturated rings. The Balaban J connectivity index is 1.55. The molecule has 6 rings (SSSR count). The zero-order chi connectivity index (χ0) is 19.3. The van der Waals surface area contributed by atoms with Crippen LogP contribution in [0, 0.1) is 5.92 Å². The van der Waals surface area contributed by atoms with Crippen LogP contribution >= 0.6 is 0 Å². The number of piperidine rings is 1. The number of likely N-dealkylation sites (tertiary alicyclic amines) is 1. The number of Topliss-reactive ketones (excluding diaryl/α,β-unsaturated/α-hetero) is 1. The van der Waals surface area contributed by atoms with Gasteiger partial charge in [0.15, 0.2) is 23.4 Å². The summed E-state index contributed by atoms with van der Waals surface area (Å²) in [7, 11) is 1.60. The summed E-state index contributed by atoms with van der Waals surface area (Å²) >= 11 is 0. The van der Waals surface area contributed by atoms with Crippen LogP contribution < -0.4 is 9.47 Å². The lowest BCUT2D eigenvalue weighted by atomic mass is 9.49. The van der Waals surface area contributed by atoms with Crippen LogP contribution in [0.25, 0.3) is 0 Å². The zero-order valence-electron chi connectivity index (χ0n) is 16.1. The minimum atomic E-state index is -1.13. The summed E-state index contributed by atoms with van der Waals surface area (Å²) in [6.45, 7) is 0.575. The Labute approximate surface area is 163 Å². The fourth-order valence-corrected chi connectivity index (χ4v) is 6.63. The number of aliphatic hydroxyl groups is 1. The van der Waals surface area contributed by atoms with Gasteiger partial charge in [0.25, 0.3) is 0 Å². The standard InChI is InChI=1S/C22H25NO5/c1-27-15-6-5-13-11-16-22(26)8-7-14(24)19-21(22,17(13)18(15)28-19)9-10-23(16)20(25)12-3-2-4-12/h5-6,12,16,19,26H,2-4,7-11H2,1H3/t16-,19?,21+,22-/m0/s1. The van der Waals surface area contributed by atoms with E-state index in [0.717, 1.165) is 30.4 Å². The predicted octanol–water partition coefficient (Wildman–Crippen LogP) is 1.75. The monoisotopic (exact) mass is 383 g/mol. The van der Waals surface area contributed by atoms with Crippen LogP contribution in [0.2, 0.25) is 0 Å². The van der Waals surface area contributed by atoms with Gasteiger partial charge in [-0.1, -0.05) is 12.5 Å². The lowest BCUT2D eigenvalue weighted by molar-refractivity contribution is -0.195. The van der Waals surface area contributed by atoms with Crippen molar-refractivity contribution in [2.75, 3.05) is 13.7 Å². The molecule has 148 valence electrons. The molecular formula is C22H25NO5. The van der Waals surface area contributed by atoms with Gasteiger partial charge in [0.2, 0.25) is 5.91 Å². The van der Waals surface area contributed by atoms with E-state index in [-0.39, 0.29) is 30.1 Å². The number of hydrogen-bond acceptors (Lipinski definition) is 5. The number of methoxy groups -OCH3 is 1. The van der Waals surface area contributed by atoms with E-state index in [1.54, 1.807) is 7.11 Å². The van der Waals surface area contributed by atoms with Gasteiger partial charge in [0, 0.05) is 24.4 Å². The number of rotatable bonds is 2. The second-order valence-corrected chi connectivity index (χ2v) is 9.12. The summed E-state index contributed by atoms with van der Waals surface area (Å²) in [5.74, 6) is 1.57. The van der Waals surface area contributed by atoms with Crippen molar-refractivity contribution in [1.29, 1.82) is 0 Å². The van der Waals surface area contributed by atoms with Gasteiger partial charge in [0.1, 0.15) is 0 Å². The zero-order valence-corrected chi connectivity index (χ0v) is 16.1. The number of amides is 1. The lowest BCUT2D eigenvalue weighted by Crippen LogP contribution is -2.77. The molecule has 6 heteroatoms. The molecule has 0 aromatic heterocycles. The third kappa shape index (κ3) is 1.70. The van der Waals surface area contributed by atoms with Crippen LogP contribution in [0.15, 0.2) is 12.1 Å². The Hall–Kier alpha value is -2.08. The summed E-state index contributed by atoms with van der Waals surface area (Å²) in [6, 6.07) is 3.61. The summed E-state index contributed by atoms with van der Waals surface area (Å²) in [6.07, 6.45) is 4.17. The summed E-state index contributed by atoms with van der Waals surface area (Å²) in [4.78, 5) is 28.0. The third-order valence-electron chi connectivity index (χ3n) is 8.20. The second-order valence-electron chi connectivity index (χ2n) is 9.12. The predicted molar refractivity (Wildman–Crippen MR) is 99.4 cm³/mol. The molecule has 2 aliphatic heterocycles. The molecule has 0 radical (unpaired) electrons. The van der Waals surface area contributed by atoms with Crippen molar-refractivity contribution in [1.82, 2.24) is 4.90 Å². The molecule has 1 amide bonds. The topological polar surface area (TPSA) is 76.1 Å². The quantitative estimate of drug-likeness (QED) is 0.842. The van der Waals surface area contributed by atoms with Crippen molar-refractivity contribution < 1.29 is 24.2 Å². The molecule has 1 aromatic rings. The maximum absolute atomic E-state index is 13.2. The van der Waals surface area contributed by atoms with Crippen molar-refractivity contribution in [3.8, 4) is 11.5 Å². The fourth-order valence-electron chi connectivity index (χ4n) is 6.63. The first kappa shape index (κ1) is 16.8. The molecule has 1 unspecified atom stereocenters. The van der Waals surface area contributed by atoms with E-state index in [2.05, 4.69) is 0 Å². The number of benzene rings is 1. The number of carbonyl (C=O) groups excluding carboxylic acids is 2. The molecule has 2 saturated carbocycles. The molecule has 1 saturated heterocycles. The molecule has 1 N–H and O–H groups in total. The third-order valence-corrected chi connectivity index (χ3v) is 8.20. The van der Waals surface area contributed by atoms with Crippen LogP contribution in [-0.2, 0) is 21.4 Å². The second kappa shape index (κ2) is 5.29. The van der Waals surface area contributed by atoms with Crippen molar-refractivity contribution in [2.45, 2.75) is 68.1 Å². The Morgan fingerprint density at radius 3 is 2.86 bits per heavy atom. The molecule has 3 aliphatic carbocycles. The van der Waals surface area contributed by atoms with Gasteiger partial charge in [-0.2, -0.15) is 0 Å². The highest BCUT2D eigenvalue weighted by atomic mass is 16.5. The number of carbonyl (C=O) groups is 2. The molecule has 2 bridgehead atoms. The molecule has 2 heterocycles. The Bertz CT molecular complexity index is 908. The minimum absolute atomic E-state index is 0.0493. The number of ketones is 1. The molecule has 28 heavy (non-hydrogen) atoms. The average Bonchev–Trinajstić information content (AvgIpc) is 2.98. The molecule has 6 nitrogen and oxygen atoms in total. The Morgan fingerprint density at radius 1 is 1.32 bits per heavy atom. The van der Waals surface area contributed by atoms with Crippen molar-refractivity contribution >= 4 is 11.7 Å². The van der Waals surface area contributed by atoms with Gasteiger partial charge in [-0.25, -0.2) is 0 Å². The number of ether oxygens (including phenoxy) is 2. The first-order valence-corrected chi connectivity index (χ1v) is 10.4. The van der Waals surface area contributed by atoms with Gasteiger partial charge in [-0.05, 0) is 43.7 Å². The van der Waals surface area contributed by atoms with Crippen LogP contribution in [-0.4, -0.2) is 53.1 Å². The maximum atomic E-state index is 13.2. The van der Waals surface area contributed by atoms with Gasteiger partial charge in [0.05, 0.1) is 24.2 Å². The largest absolute Gasteiger partial charge is 0.493 e. The van der Waals surface area contributed by atoms with Gasteiger partial charge < -0.3 is 19.5 Å². The van der Waals surface area contributed by atoms with E-state index in [9.17, 15) is 14.7 Å². The lowest BCUT2D eigenvalue weighted by Gasteiger charge is -2.62. The average molecular weight is 383 g/mol. The fraction of sp³-hybridized carbons (Fsp3) is 0.636. The molecule has 5 aliphatic rings. The van der Waals surface area contributed by atoms with Crippen molar-refractivity contribution in [3.63, 3.8) is 0 Å². The summed E-state index contributed by atoms with van der Waals surface area (Å²) < 4.78 is 11.7. The first-order valence-electron chi connectivity index (χ1n) is 10.4.